The van der Waals surface area contributed by atoms with Crippen LogP contribution in [0.4, 0.5) is 0 Å². The molecule has 3 heterocycles. The fraction of sp³-hybridized carbons (Fsp3) is 0.562. The molecule has 2 aromatic heterocycles. The molecular formula is C16H21N3O5S. The highest BCUT2D eigenvalue weighted by atomic mass is 32.1. The summed E-state index contributed by atoms with van der Waals surface area (Å²) >= 11 is 1.34. The number of ether oxygens (including phenoxy) is 1. The van der Waals surface area contributed by atoms with Gasteiger partial charge in [-0.15, -0.1) is 11.3 Å². The van der Waals surface area contributed by atoms with Gasteiger partial charge in [-0.1, -0.05) is 0 Å². The quantitative estimate of drug-likeness (QED) is 0.709. The number of rotatable bonds is 4. The van der Waals surface area contributed by atoms with Gasteiger partial charge in [0.1, 0.15) is 11.4 Å². The van der Waals surface area contributed by atoms with Crippen molar-refractivity contribution in [2.24, 2.45) is 0 Å². The number of aromatic nitrogens is 2. The highest BCUT2D eigenvalue weighted by molar-refractivity contribution is 7.18. The van der Waals surface area contributed by atoms with E-state index >= 15 is 0 Å². The second kappa shape index (κ2) is 6.40. The number of carbonyl (C=O) groups excluding carboxylic acids is 1. The summed E-state index contributed by atoms with van der Waals surface area (Å²) in [5.74, 6) is -0.499. The molecule has 9 heteroatoms. The minimum atomic E-state index is -0.701. The van der Waals surface area contributed by atoms with Crippen LogP contribution in [0.25, 0.3) is 10.2 Å². The highest BCUT2D eigenvalue weighted by Crippen LogP contribution is 2.36. The molecule has 1 unspecified atom stereocenters. The van der Waals surface area contributed by atoms with E-state index in [0.717, 1.165) is 15.0 Å². The van der Waals surface area contributed by atoms with Crippen LogP contribution in [0.2, 0.25) is 0 Å². The van der Waals surface area contributed by atoms with Crippen molar-refractivity contribution in [3.05, 3.63) is 31.3 Å². The molecule has 1 amide bonds. The van der Waals surface area contributed by atoms with E-state index in [1.807, 2.05) is 13.8 Å². The van der Waals surface area contributed by atoms with E-state index in [4.69, 9.17) is 4.74 Å². The number of aliphatic hydroxyl groups excluding tert-OH is 1. The van der Waals surface area contributed by atoms with Gasteiger partial charge in [0.25, 0.3) is 5.56 Å². The Kier molecular flexibility index (Phi) is 4.56. The van der Waals surface area contributed by atoms with Crippen molar-refractivity contribution in [3.8, 4) is 0 Å². The molecule has 0 aromatic carbocycles. The second-order valence-electron chi connectivity index (χ2n) is 6.91. The van der Waals surface area contributed by atoms with Crippen LogP contribution in [0, 0.1) is 0 Å². The maximum Gasteiger partial charge on any atom is 0.329 e. The van der Waals surface area contributed by atoms with Crippen molar-refractivity contribution < 1.29 is 14.6 Å². The lowest BCUT2D eigenvalue weighted by Gasteiger charge is -2.29. The fourth-order valence-electron chi connectivity index (χ4n) is 2.86. The topological polar surface area (TPSA) is 113 Å². The first-order valence-corrected chi connectivity index (χ1v) is 8.85. The molecule has 3 rings (SSSR count). The van der Waals surface area contributed by atoms with Crippen molar-refractivity contribution in [1.82, 2.24) is 14.9 Å². The van der Waals surface area contributed by atoms with Gasteiger partial charge in [0.15, 0.2) is 0 Å². The molecule has 8 nitrogen and oxygen atoms in total. The SMILES string of the molecule is CC(O)CNC(=O)Cn1c(=O)[nH]c2sc3c(c2c1=O)CC(C)(C)OC3. The lowest BCUT2D eigenvalue weighted by atomic mass is 9.94. The maximum absolute atomic E-state index is 12.8. The Morgan fingerprint density at radius 2 is 2.20 bits per heavy atom. The lowest BCUT2D eigenvalue weighted by Crippen LogP contribution is -2.42. The van der Waals surface area contributed by atoms with E-state index in [0.29, 0.717) is 23.2 Å². The average Bonchev–Trinajstić information content (AvgIpc) is 2.85. The molecule has 1 atom stereocenters. The number of nitrogens with zero attached hydrogens (tertiary/aromatic N) is 1. The number of nitrogens with one attached hydrogen (secondary N) is 2. The van der Waals surface area contributed by atoms with Gasteiger partial charge in [-0.25, -0.2) is 4.79 Å². The van der Waals surface area contributed by atoms with Crippen LogP contribution >= 0.6 is 11.3 Å². The zero-order chi connectivity index (χ0) is 18.4. The summed E-state index contributed by atoms with van der Waals surface area (Å²) in [6.45, 7) is 5.51. The Morgan fingerprint density at radius 3 is 2.88 bits per heavy atom. The van der Waals surface area contributed by atoms with Crippen LogP contribution in [0.15, 0.2) is 9.59 Å². The van der Waals surface area contributed by atoms with Gasteiger partial charge in [0.05, 0.1) is 23.7 Å². The van der Waals surface area contributed by atoms with Crippen LogP contribution in [-0.4, -0.2) is 38.8 Å². The third kappa shape index (κ3) is 3.53. The Hall–Kier alpha value is -1.97. The first-order valence-electron chi connectivity index (χ1n) is 8.04. The minimum absolute atomic E-state index is 0.0626. The number of aliphatic hydroxyl groups is 1. The molecule has 1 aliphatic rings. The lowest BCUT2D eigenvalue weighted by molar-refractivity contribution is -0.122. The van der Waals surface area contributed by atoms with Crippen LogP contribution < -0.4 is 16.6 Å². The van der Waals surface area contributed by atoms with Crippen molar-refractivity contribution in [2.75, 3.05) is 6.54 Å². The van der Waals surface area contributed by atoms with E-state index in [1.165, 1.54) is 18.3 Å². The zero-order valence-corrected chi connectivity index (χ0v) is 15.2. The molecule has 0 saturated heterocycles. The molecule has 0 bridgehead atoms. The average molecular weight is 367 g/mol. The smallest absolute Gasteiger partial charge is 0.329 e. The van der Waals surface area contributed by atoms with Crippen molar-refractivity contribution in [2.45, 2.75) is 52.0 Å². The van der Waals surface area contributed by atoms with E-state index in [-0.39, 0.29) is 18.7 Å². The van der Waals surface area contributed by atoms with Crippen molar-refractivity contribution in [1.29, 1.82) is 0 Å². The molecule has 0 spiro atoms. The predicted molar refractivity (Wildman–Crippen MR) is 94.0 cm³/mol. The third-order valence-electron chi connectivity index (χ3n) is 4.11. The van der Waals surface area contributed by atoms with E-state index in [1.54, 1.807) is 0 Å². The van der Waals surface area contributed by atoms with Gasteiger partial charge < -0.3 is 15.2 Å². The summed E-state index contributed by atoms with van der Waals surface area (Å²) in [5, 5.41) is 12.2. The number of H-pyrrole nitrogens is 1. The first-order chi connectivity index (χ1) is 11.7. The largest absolute Gasteiger partial charge is 0.392 e. The summed E-state index contributed by atoms with van der Waals surface area (Å²) in [7, 11) is 0. The molecular weight excluding hydrogens is 346 g/mol. The van der Waals surface area contributed by atoms with Crippen molar-refractivity contribution in [3.63, 3.8) is 0 Å². The van der Waals surface area contributed by atoms with Gasteiger partial charge in [-0.2, -0.15) is 0 Å². The van der Waals surface area contributed by atoms with E-state index < -0.39 is 23.3 Å². The molecule has 2 aromatic rings. The Bertz CT molecular complexity index is 938. The summed E-state index contributed by atoms with van der Waals surface area (Å²) < 4.78 is 6.66. The summed E-state index contributed by atoms with van der Waals surface area (Å²) in [6.07, 6.45) is -0.134. The number of hydrogen-bond acceptors (Lipinski definition) is 6. The number of carbonyl (C=O) groups is 1. The second-order valence-corrected chi connectivity index (χ2v) is 8.01. The Labute approximate surface area is 147 Å². The van der Waals surface area contributed by atoms with E-state index in [9.17, 15) is 19.5 Å². The molecule has 25 heavy (non-hydrogen) atoms. The minimum Gasteiger partial charge on any atom is -0.392 e. The molecule has 0 saturated carbocycles. The van der Waals surface area contributed by atoms with Crippen LogP contribution in [0.3, 0.4) is 0 Å². The Balaban J connectivity index is 2.02. The molecule has 136 valence electrons. The Morgan fingerprint density at radius 1 is 1.48 bits per heavy atom. The normalized spacial score (nSPS) is 17.3. The summed E-state index contributed by atoms with van der Waals surface area (Å²) in [5.41, 5.74) is -0.594. The number of aromatic amines is 1. The predicted octanol–water partition coefficient (Wildman–Crippen LogP) is 0.0996. The molecule has 0 aliphatic carbocycles. The van der Waals surface area contributed by atoms with E-state index in [2.05, 4.69) is 10.3 Å². The standard InChI is InChI=1S/C16H21N3O5S/c1-8(20)5-17-11(21)6-19-14(22)12-9-4-16(2,3)24-7-10(9)25-13(12)18-15(19)23/h8,20H,4-7H2,1-3H3,(H,17,21)(H,18,23). The zero-order valence-electron chi connectivity index (χ0n) is 14.3. The number of thiophene rings is 1. The van der Waals surface area contributed by atoms with Gasteiger partial charge in [-0.05, 0) is 26.3 Å². The number of fused-ring (bicyclic) bond motifs is 3. The van der Waals surface area contributed by atoms with Crippen molar-refractivity contribution >= 4 is 27.5 Å². The molecule has 0 fully saturated rings. The molecule has 1 aliphatic heterocycles. The monoisotopic (exact) mass is 367 g/mol. The summed E-state index contributed by atoms with van der Waals surface area (Å²) in [6, 6.07) is 0. The molecule has 0 radical (unpaired) electrons. The van der Waals surface area contributed by atoms with Gasteiger partial charge in [-0.3, -0.25) is 19.1 Å². The summed E-state index contributed by atoms with van der Waals surface area (Å²) in [4.78, 5) is 41.1. The third-order valence-corrected chi connectivity index (χ3v) is 5.23. The first kappa shape index (κ1) is 17.8. The maximum atomic E-state index is 12.8. The highest BCUT2D eigenvalue weighted by Gasteiger charge is 2.31. The van der Waals surface area contributed by atoms with Gasteiger partial charge in [0, 0.05) is 17.8 Å². The number of amides is 1. The van der Waals surface area contributed by atoms with Crippen LogP contribution in [0.1, 0.15) is 31.2 Å². The number of hydrogen-bond donors (Lipinski definition) is 3. The fourth-order valence-corrected chi connectivity index (χ4v) is 3.98. The van der Waals surface area contributed by atoms with Gasteiger partial charge >= 0.3 is 5.69 Å². The van der Waals surface area contributed by atoms with Gasteiger partial charge in [0.2, 0.25) is 5.91 Å². The van der Waals surface area contributed by atoms with Crippen LogP contribution in [-0.2, 0) is 29.1 Å². The molecule has 3 N–H and O–H groups in total. The van der Waals surface area contributed by atoms with Crippen LogP contribution in [0.5, 0.6) is 0 Å².